The minimum absolute atomic E-state index is 0.0115. The third kappa shape index (κ3) is 7.24. The maximum Gasteiger partial charge on any atom is 0.246 e. The summed E-state index contributed by atoms with van der Waals surface area (Å²) >= 11 is 0. The zero-order valence-corrected chi connectivity index (χ0v) is 29.1. The van der Waals surface area contributed by atoms with E-state index in [9.17, 15) is 13.2 Å². The predicted molar refractivity (Wildman–Crippen MR) is 185 cm³/mol. The molecule has 3 fully saturated rings. The van der Waals surface area contributed by atoms with Crippen LogP contribution in [0.15, 0.2) is 43.4 Å². The minimum Gasteiger partial charge on any atom is -0.369 e. The van der Waals surface area contributed by atoms with Crippen molar-refractivity contribution in [1.29, 1.82) is 0 Å². The van der Waals surface area contributed by atoms with Crippen molar-refractivity contribution < 1.29 is 22.3 Å². The van der Waals surface area contributed by atoms with Crippen molar-refractivity contribution in [2.24, 2.45) is 5.92 Å². The van der Waals surface area contributed by atoms with E-state index < -0.39 is 27.7 Å². The number of likely N-dealkylation sites (tertiary alicyclic amines) is 1. The molecule has 0 radical (unpaired) electrons. The second kappa shape index (κ2) is 13.2. The Balaban J connectivity index is 1.29. The molecule has 5 atom stereocenters. The molecule has 0 aliphatic carbocycles. The molecular formula is C34H45FN8O4S. The van der Waals surface area contributed by atoms with Gasteiger partial charge in [-0.15, -0.1) is 0 Å². The highest BCUT2D eigenvalue weighted by Crippen LogP contribution is 2.41. The van der Waals surface area contributed by atoms with Crippen LogP contribution < -0.4 is 15.1 Å². The second-order valence-corrected chi connectivity index (χ2v) is 16.4. The molecule has 0 aromatic carbocycles. The minimum atomic E-state index is -3.11. The molecule has 0 bridgehead atoms. The van der Waals surface area contributed by atoms with E-state index in [-0.39, 0.29) is 36.2 Å². The molecule has 1 amide bonds. The summed E-state index contributed by atoms with van der Waals surface area (Å²) in [7, 11) is -3.11. The number of hydrogen-bond donors (Lipinski definition) is 1. The number of halogens is 1. The quantitative estimate of drug-likeness (QED) is 0.318. The standard InChI is InChI=1S/C34H45FN8O4S/c1-7-31(44)42-13-8-9-27(42)24-16-38-32(43-18-22(21(43)2)20-48(6,45)46)25-17-37-30(15-23(24)25)39-29-10-12-36-33(40-29)41-14-11-28(26(35)19-41)47-34(3,4)5/h7,10,12,15-17,21-22,26-28H,1,8-9,11,13-14,18-20H2,2-6H3,(H,36,37,39,40)/t21-,22-,26+,27?,28-/m1/s1. The number of nitrogens with zero attached hydrogens (tertiary/aromatic N) is 7. The molecule has 3 aliphatic heterocycles. The highest BCUT2D eigenvalue weighted by molar-refractivity contribution is 7.90. The van der Waals surface area contributed by atoms with Crippen molar-refractivity contribution >= 4 is 49.9 Å². The number of nitrogens with one attached hydrogen (secondary N) is 1. The summed E-state index contributed by atoms with van der Waals surface area (Å²) in [4.78, 5) is 37.3. The number of anilines is 4. The van der Waals surface area contributed by atoms with Gasteiger partial charge >= 0.3 is 0 Å². The fourth-order valence-corrected chi connectivity index (χ4v) is 8.24. The number of carbonyl (C=O) groups excluding carboxylic acids is 1. The van der Waals surface area contributed by atoms with Crippen LogP contribution >= 0.6 is 0 Å². The molecule has 1 N–H and O–H groups in total. The normalized spacial score (nSPS) is 24.9. The third-order valence-corrected chi connectivity index (χ3v) is 10.4. The SMILES string of the molecule is C=CC(=O)N1CCCC1c1cnc(N2C[C@H](CS(C)(=O)=O)[C@H]2C)c2cnc(Nc3ccnc(N4CC[C@@H](OC(C)(C)C)[C@@H](F)C4)n3)cc12. The first-order chi connectivity index (χ1) is 22.7. The molecule has 6 heterocycles. The molecule has 0 saturated carbocycles. The molecule has 3 aromatic rings. The number of alkyl halides is 1. The number of aromatic nitrogens is 4. The lowest BCUT2D eigenvalue weighted by Gasteiger charge is -2.47. The van der Waals surface area contributed by atoms with Crippen molar-refractivity contribution in [1.82, 2.24) is 24.8 Å². The number of carbonyl (C=O) groups is 1. The van der Waals surface area contributed by atoms with Crippen LogP contribution in [0, 0.1) is 5.92 Å². The summed E-state index contributed by atoms with van der Waals surface area (Å²) in [6, 6.07) is 3.49. The Bertz CT molecular complexity index is 1800. The van der Waals surface area contributed by atoms with Gasteiger partial charge in [0.05, 0.1) is 30.0 Å². The van der Waals surface area contributed by atoms with Gasteiger partial charge in [0.15, 0.2) is 0 Å². The van der Waals surface area contributed by atoms with Crippen LogP contribution in [0.1, 0.15) is 58.6 Å². The Morgan fingerprint density at radius 3 is 2.60 bits per heavy atom. The van der Waals surface area contributed by atoms with E-state index >= 15 is 4.39 Å². The summed E-state index contributed by atoms with van der Waals surface area (Å²) in [6.07, 6.45) is 8.40. The molecule has 0 spiro atoms. The van der Waals surface area contributed by atoms with Gasteiger partial charge in [-0.25, -0.2) is 27.8 Å². The first-order valence-corrected chi connectivity index (χ1v) is 18.6. The molecule has 12 nitrogen and oxygen atoms in total. The zero-order valence-electron chi connectivity index (χ0n) is 28.3. The van der Waals surface area contributed by atoms with Gasteiger partial charge in [0.2, 0.25) is 11.9 Å². The molecule has 14 heteroatoms. The van der Waals surface area contributed by atoms with Gasteiger partial charge in [0.1, 0.15) is 33.5 Å². The van der Waals surface area contributed by atoms with Crippen LogP contribution in [0.5, 0.6) is 0 Å². The van der Waals surface area contributed by atoms with Gasteiger partial charge in [-0.2, -0.15) is 4.98 Å². The van der Waals surface area contributed by atoms with Gasteiger partial charge in [-0.3, -0.25) is 4.79 Å². The summed E-state index contributed by atoms with van der Waals surface area (Å²) in [5.41, 5.74) is 0.484. The van der Waals surface area contributed by atoms with Gasteiger partial charge < -0.3 is 24.8 Å². The highest BCUT2D eigenvalue weighted by Gasteiger charge is 2.40. The molecule has 1 unspecified atom stereocenters. The monoisotopic (exact) mass is 680 g/mol. The van der Waals surface area contributed by atoms with Crippen LogP contribution in [-0.4, -0.2) is 101 Å². The van der Waals surface area contributed by atoms with Crippen molar-refractivity contribution in [3.63, 3.8) is 0 Å². The van der Waals surface area contributed by atoms with Crippen molar-refractivity contribution in [3.05, 3.63) is 48.9 Å². The summed E-state index contributed by atoms with van der Waals surface area (Å²) < 4.78 is 45.0. The Kier molecular flexibility index (Phi) is 9.33. The van der Waals surface area contributed by atoms with E-state index in [1.54, 1.807) is 18.5 Å². The highest BCUT2D eigenvalue weighted by atomic mass is 32.2. The van der Waals surface area contributed by atoms with Gasteiger partial charge in [-0.05, 0) is 70.6 Å². The van der Waals surface area contributed by atoms with Crippen LogP contribution in [0.3, 0.4) is 0 Å². The maximum atomic E-state index is 15.1. The molecule has 3 aromatic heterocycles. The lowest BCUT2D eigenvalue weighted by molar-refractivity contribution is -0.126. The number of sulfone groups is 1. The summed E-state index contributed by atoms with van der Waals surface area (Å²) in [5.74, 6) is 2.22. The van der Waals surface area contributed by atoms with Gasteiger partial charge in [0.25, 0.3) is 0 Å². The smallest absolute Gasteiger partial charge is 0.246 e. The average Bonchev–Trinajstić information content (AvgIpc) is 3.52. The first-order valence-electron chi connectivity index (χ1n) is 16.5. The molecule has 3 saturated heterocycles. The summed E-state index contributed by atoms with van der Waals surface area (Å²) in [6.45, 7) is 13.4. The van der Waals surface area contributed by atoms with Crippen LogP contribution in [-0.2, 0) is 19.4 Å². The molecule has 3 aliphatic rings. The number of piperidine rings is 1. The van der Waals surface area contributed by atoms with E-state index in [0.29, 0.717) is 43.6 Å². The predicted octanol–water partition coefficient (Wildman–Crippen LogP) is 4.61. The number of hydrogen-bond acceptors (Lipinski definition) is 11. The van der Waals surface area contributed by atoms with E-state index in [1.807, 2.05) is 49.8 Å². The number of rotatable bonds is 9. The van der Waals surface area contributed by atoms with E-state index in [2.05, 4.69) is 21.8 Å². The van der Waals surface area contributed by atoms with Crippen LogP contribution in [0.2, 0.25) is 0 Å². The fourth-order valence-electron chi connectivity index (χ4n) is 7.08. The Morgan fingerprint density at radius 1 is 1.12 bits per heavy atom. The second-order valence-electron chi connectivity index (χ2n) is 14.2. The van der Waals surface area contributed by atoms with Crippen molar-refractivity contribution in [3.8, 4) is 0 Å². The molecule has 48 heavy (non-hydrogen) atoms. The number of ether oxygens (including phenoxy) is 1. The van der Waals surface area contributed by atoms with Gasteiger partial charge in [0, 0.05) is 67.4 Å². The largest absolute Gasteiger partial charge is 0.369 e. The molecule has 258 valence electrons. The Labute approximate surface area is 281 Å². The van der Waals surface area contributed by atoms with E-state index in [1.165, 1.54) is 12.3 Å². The Morgan fingerprint density at radius 2 is 1.92 bits per heavy atom. The van der Waals surface area contributed by atoms with E-state index in [0.717, 1.165) is 35.0 Å². The zero-order chi connectivity index (χ0) is 34.4. The summed E-state index contributed by atoms with van der Waals surface area (Å²) in [5, 5.41) is 5.01. The number of pyridine rings is 2. The Hall–Kier alpha value is -3.91. The van der Waals surface area contributed by atoms with Crippen molar-refractivity contribution in [2.75, 3.05) is 53.3 Å². The number of fused-ring (bicyclic) bond motifs is 1. The first kappa shape index (κ1) is 34.0. The van der Waals surface area contributed by atoms with Crippen LogP contribution in [0.25, 0.3) is 10.8 Å². The van der Waals surface area contributed by atoms with Gasteiger partial charge in [-0.1, -0.05) is 6.58 Å². The topological polar surface area (TPSA) is 134 Å². The fraction of sp³-hybridized carbons (Fsp3) is 0.559. The third-order valence-electron chi connectivity index (χ3n) is 9.41. The van der Waals surface area contributed by atoms with Crippen LogP contribution in [0.4, 0.5) is 27.8 Å². The van der Waals surface area contributed by atoms with Crippen molar-refractivity contribution in [2.45, 2.75) is 76.9 Å². The molecular weight excluding hydrogens is 635 g/mol. The number of amides is 1. The molecule has 6 rings (SSSR count). The maximum absolute atomic E-state index is 15.1. The lowest BCUT2D eigenvalue weighted by atomic mass is 9.90. The van der Waals surface area contributed by atoms with E-state index in [4.69, 9.17) is 19.7 Å². The lowest BCUT2D eigenvalue weighted by Crippen LogP contribution is -2.57. The average molecular weight is 681 g/mol.